The number of rotatable bonds is 7. The average Bonchev–Trinajstić information content (AvgIpc) is 3.15. The lowest BCUT2D eigenvalue weighted by Gasteiger charge is -2.63. The zero-order valence-electron chi connectivity index (χ0n) is 26.5. The molecule has 4 aliphatic carbocycles. The predicted octanol–water partition coefficient (Wildman–Crippen LogP) is 6.84. The summed E-state index contributed by atoms with van der Waals surface area (Å²) in [5.41, 5.74) is 1.18. The van der Waals surface area contributed by atoms with Crippen molar-refractivity contribution in [2.24, 2.45) is 39.4 Å². The first-order valence-electron chi connectivity index (χ1n) is 15.4. The van der Waals surface area contributed by atoms with Crippen LogP contribution in [0.3, 0.4) is 0 Å². The van der Waals surface area contributed by atoms with E-state index in [2.05, 4.69) is 41.5 Å². The zero-order valence-corrected chi connectivity index (χ0v) is 26.5. The summed E-state index contributed by atoms with van der Waals surface area (Å²) in [5.74, 6) is -0.887. The molecule has 7 heteroatoms. The van der Waals surface area contributed by atoms with Crippen molar-refractivity contribution in [1.29, 1.82) is 0 Å². The number of ketones is 1. The van der Waals surface area contributed by atoms with Gasteiger partial charge < -0.3 is 14.6 Å². The highest BCUT2D eigenvalue weighted by atomic mass is 16.6. The number of allylic oxidation sites excluding steroid dienone is 2. The Labute approximate surface area is 245 Å². The molecule has 0 amide bonds. The van der Waals surface area contributed by atoms with Crippen LogP contribution in [0.4, 0.5) is 0 Å². The number of carbonyl (C=O) groups is 4. The Kier molecular flexibility index (Phi) is 8.20. The number of carboxylic acid groups (broad SMARTS) is 1. The van der Waals surface area contributed by atoms with E-state index in [4.69, 9.17) is 9.47 Å². The van der Waals surface area contributed by atoms with Crippen LogP contribution >= 0.6 is 0 Å². The molecule has 4 rings (SSSR count). The molecule has 0 aromatic rings. The second kappa shape index (κ2) is 10.7. The highest BCUT2D eigenvalue weighted by Crippen LogP contribution is 2.73. The second-order valence-electron chi connectivity index (χ2n) is 14.6. The Morgan fingerprint density at radius 1 is 0.976 bits per heavy atom. The van der Waals surface area contributed by atoms with Crippen molar-refractivity contribution in [1.82, 2.24) is 0 Å². The Morgan fingerprint density at radius 2 is 1.61 bits per heavy atom. The number of Topliss-reactive ketones (excluding diaryl/α,β-unsaturated/α-hetero) is 1. The molecule has 2 saturated carbocycles. The minimum Gasteiger partial charge on any atom is -0.478 e. The Balaban J connectivity index is 1.87. The van der Waals surface area contributed by atoms with Gasteiger partial charge in [-0.2, -0.15) is 0 Å². The van der Waals surface area contributed by atoms with Gasteiger partial charge in [-0.25, -0.2) is 4.79 Å². The summed E-state index contributed by atoms with van der Waals surface area (Å²) < 4.78 is 12.5. The van der Waals surface area contributed by atoms with E-state index < -0.39 is 40.9 Å². The van der Waals surface area contributed by atoms with Crippen LogP contribution in [0.25, 0.3) is 0 Å². The maximum absolute atomic E-state index is 13.1. The van der Waals surface area contributed by atoms with E-state index in [9.17, 15) is 24.3 Å². The van der Waals surface area contributed by atoms with Crippen molar-refractivity contribution in [3.8, 4) is 0 Å². The molecular weight excluding hydrogens is 520 g/mol. The number of esters is 2. The molecule has 1 unspecified atom stereocenters. The standard InChI is InChI=1S/C34H50O7/c1-19(11-10-12-20(2)30(38)39)23-15-18-33(8)24-13-14-25-31(5,6)26(37)16-17-32(25,7)27(24)28(40-21(3)35)29(34(23,33)9)41-22(4)36/h12,19,23,25,28-29H,10-11,13-18H2,1-9H3,(H,38,39)/b20-12-/t19-,23-,25?,28-,29-,32+,33+,34+/m1/s1. The van der Waals surface area contributed by atoms with Gasteiger partial charge in [0, 0.05) is 36.7 Å². The zero-order chi connectivity index (χ0) is 30.7. The third kappa shape index (κ3) is 4.79. The van der Waals surface area contributed by atoms with Gasteiger partial charge in [0.1, 0.15) is 11.9 Å². The third-order valence-electron chi connectivity index (χ3n) is 12.3. The van der Waals surface area contributed by atoms with Crippen LogP contribution in [0.1, 0.15) is 114 Å². The van der Waals surface area contributed by atoms with E-state index in [1.807, 2.05) is 0 Å². The summed E-state index contributed by atoms with van der Waals surface area (Å²) >= 11 is 0. The fourth-order valence-electron chi connectivity index (χ4n) is 9.98. The summed E-state index contributed by atoms with van der Waals surface area (Å²) in [4.78, 5) is 49.9. The molecule has 0 aliphatic heterocycles. The van der Waals surface area contributed by atoms with Gasteiger partial charge in [-0.1, -0.05) is 53.2 Å². The summed E-state index contributed by atoms with van der Waals surface area (Å²) in [6.07, 6.45) is 6.71. The molecule has 1 N–H and O–H groups in total. The first-order chi connectivity index (χ1) is 18.9. The molecule has 0 heterocycles. The maximum Gasteiger partial charge on any atom is 0.330 e. The van der Waals surface area contributed by atoms with Crippen LogP contribution in [0, 0.1) is 39.4 Å². The van der Waals surface area contributed by atoms with E-state index in [1.165, 1.54) is 19.4 Å². The number of carbonyl (C=O) groups excluding carboxylic acids is 3. The first kappa shape index (κ1) is 31.5. The maximum atomic E-state index is 13.1. The molecule has 0 aromatic heterocycles. The van der Waals surface area contributed by atoms with Gasteiger partial charge in [-0.15, -0.1) is 0 Å². The molecular formula is C34H50O7. The van der Waals surface area contributed by atoms with Crippen molar-refractivity contribution in [2.75, 3.05) is 0 Å². The lowest BCUT2D eigenvalue weighted by Crippen LogP contribution is -2.64. The highest BCUT2D eigenvalue weighted by Gasteiger charge is 2.70. The number of fused-ring (bicyclic) bond motifs is 4. The van der Waals surface area contributed by atoms with Gasteiger partial charge in [0.05, 0.1) is 0 Å². The minimum absolute atomic E-state index is 0.111. The van der Waals surface area contributed by atoms with Crippen LogP contribution in [0.5, 0.6) is 0 Å². The molecule has 0 spiro atoms. The summed E-state index contributed by atoms with van der Waals surface area (Å²) in [5, 5.41) is 9.29. The Hall–Kier alpha value is -2.44. The van der Waals surface area contributed by atoms with Gasteiger partial charge >= 0.3 is 17.9 Å². The first-order valence-corrected chi connectivity index (χ1v) is 15.4. The van der Waals surface area contributed by atoms with Crippen molar-refractivity contribution < 1.29 is 33.8 Å². The highest BCUT2D eigenvalue weighted by molar-refractivity contribution is 5.86. The molecule has 41 heavy (non-hydrogen) atoms. The second-order valence-corrected chi connectivity index (χ2v) is 14.6. The monoisotopic (exact) mass is 570 g/mol. The van der Waals surface area contributed by atoms with Crippen molar-refractivity contribution >= 4 is 23.7 Å². The quantitative estimate of drug-likeness (QED) is 0.203. The number of ether oxygens (including phenoxy) is 2. The molecule has 2 fully saturated rings. The van der Waals surface area contributed by atoms with E-state index in [0.717, 1.165) is 37.7 Å². The van der Waals surface area contributed by atoms with E-state index in [1.54, 1.807) is 13.0 Å². The normalized spacial score (nSPS) is 38.9. The van der Waals surface area contributed by atoms with Crippen molar-refractivity contribution in [3.63, 3.8) is 0 Å². The largest absolute Gasteiger partial charge is 0.478 e. The number of hydrogen-bond acceptors (Lipinski definition) is 6. The fourth-order valence-corrected chi connectivity index (χ4v) is 9.98. The molecule has 0 bridgehead atoms. The fraction of sp³-hybridized carbons (Fsp3) is 0.765. The topological polar surface area (TPSA) is 107 Å². The van der Waals surface area contributed by atoms with Gasteiger partial charge in [-0.3, -0.25) is 14.4 Å². The van der Waals surface area contributed by atoms with Gasteiger partial charge in [0.2, 0.25) is 0 Å². The number of carboxylic acids is 1. The molecule has 228 valence electrons. The third-order valence-corrected chi connectivity index (χ3v) is 12.3. The van der Waals surface area contributed by atoms with Crippen LogP contribution < -0.4 is 0 Å². The van der Waals surface area contributed by atoms with E-state index in [-0.39, 0.29) is 28.6 Å². The molecule has 0 radical (unpaired) electrons. The van der Waals surface area contributed by atoms with Gasteiger partial charge in [-0.05, 0) is 86.0 Å². The van der Waals surface area contributed by atoms with Crippen LogP contribution in [0.2, 0.25) is 0 Å². The number of aliphatic carboxylic acids is 1. The lowest BCUT2D eigenvalue weighted by molar-refractivity contribution is -0.195. The summed E-state index contributed by atoms with van der Waals surface area (Å²) in [6, 6.07) is 0. The molecule has 0 saturated heterocycles. The van der Waals surface area contributed by atoms with Gasteiger partial charge in [0.25, 0.3) is 0 Å². The van der Waals surface area contributed by atoms with E-state index >= 15 is 0 Å². The smallest absolute Gasteiger partial charge is 0.330 e. The van der Waals surface area contributed by atoms with E-state index in [0.29, 0.717) is 30.6 Å². The summed E-state index contributed by atoms with van der Waals surface area (Å²) in [7, 11) is 0. The van der Waals surface area contributed by atoms with Crippen molar-refractivity contribution in [2.45, 2.75) is 126 Å². The minimum atomic E-state index is -0.902. The Morgan fingerprint density at radius 3 is 2.20 bits per heavy atom. The lowest BCUT2D eigenvalue weighted by atomic mass is 9.42. The molecule has 4 aliphatic rings. The molecule has 8 atom stereocenters. The SMILES string of the molecule is CC(=O)O[C@@H]1C2=C(CCC3C(C)(C)C(=O)CC[C@]23C)[C@]2(C)CC[C@H]([C@H](C)CC/C=C(/C)C(=O)O)[C@@]2(C)[C@@H]1OC(C)=O. The summed E-state index contributed by atoms with van der Waals surface area (Å²) in [6.45, 7) is 17.6. The molecule has 0 aromatic carbocycles. The van der Waals surface area contributed by atoms with Crippen LogP contribution in [0.15, 0.2) is 22.8 Å². The predicted molar refractivity (Wildman–Crippen MR) is 156 cm³/mol. The van der Waals surface area contributed by atoms with Gasteiger partial charge in [0.15, 0.2) is 6.10 Å². The average molecular weight is 571 g/mol. The van der Waals surface area contributed by atoms with Crippen LogP contribution in [-0.2, 0) is 28.7 Å². The number of hydrogen-bond donors (Lipinski definition) is 1. The van der Waals surface area contributed by atoms with Crippen LogP contribution in [-0.4, -0.2) is 41.0 Å². The van der Waals surface area contributed by atoms with Crippen molar-refractivity contribution in [3.05, 3.63) is 22.8 Å². The molecule has 7 nitrogen and oxygen atoms in total. The Bertz CT molecular complexity index is 1190.